The normalized spacial score (nSPS) is 12.2. The van der Waals surface area contributed by atoms with Crippen molar-refractivity contribution in [1.82, 2.24) is 14.9 Å². The fraction of sp³-hybridized carbons (Fsp3) is 0.438. The van der Waals surface area contributed by atoms with Gasteiger partial charge in [0.05, 0.1) is 5.25 Å². The second-order valence-corrected chi connectivity index (χ2v) is 6.89. The summed E-state index contributed by atoms with van der Waals surface area (Å²) >= 11 is 1.31. The quantitative estimate of drug-likeness (QED) is 0.627. The average molecular weight is 333 g/mol. The van der Waals surface area contributed by atoms with Crippen LogP contribution in [0.4, 0.5) is 5.69 Å². The van der Waals surface area contributed by atoms with Crippen LogP contribution in [-0.4, -0.2) is 26.0 Å². The third kappa shape index (κ3) is 4.25. The number of carbonyl (C=O) groups is 1. The molecule has 124 valence electrons. The van der Waals surface area contributed by atoms with Crippen molar-refractivity contribution >= 4 is 23.4 Å². The molecule has 0 aliphatic heterocycles. The molecule has 7 heteroatoms. The molecule has 0 aliphatic carbocycles. The molecule has 1 amide bonds. The van der Waals surface area contributed by atoms with Crippen molar-refractivity contribution in [2.75, 3.05) is 11.2 Å². The number of hydrogen-bond acceptors (Lipinski definition) is 5. The molecule has 0 saturated carbocycles. The van der Waals surface area contributed by atoms with E-state index in [2.05, 4.69) is 22.4 Å². The first-order chi connectivity index (χ1) is 10.9. The number of aromatic nitrogens is 3. The lowest BCUT2D eigenvalue weighted by Gasteiger charge is -2.13. The Kier molecular flexibility index (Phi) is 5.65. The third-order valence-electron chi connectivity index (χ3n) is 3.50. The first-order valence-corrected chi connectivity index (χ1v) is 8.54. The predicted molar refractivity (Wildman–Crippen MR) is 94.0 cm³/mol. The molecule has 0 aliphatic rings. The number of amides is 1. The number of nitrogens with zero attached hydrogens (tertiary/aromatic N) is 3. The standard InChI is InChI=1S/C16H23N5OS/c1-5-6-14-19-20-16(21(14)17)23-12(4)15(22)18-13-8-7-10(2)9-11(13)3/h7-9,12H,5-6,17H2,1-4H3,(H,18,22)/t12-/m0/s1. The number of rotatable bonds is 6. The van der Waals surface area contributed by atoms with Gasteiger partial charge in [0.25, 0.3) is 0 Å². The Balaban J connectivity index is 2.02. The van der Waals surface area contributed by atoms with Crippen molar-refractivity contribution < 1.29 is 4.79 Å². The van der Waals surface area contributed by atoms with Crippen LogP contribution in [0.15, 0.2) is 23.4 Å². The minimum Gasteiger partial charge on any atom is -0.336 e. The van der Waals surface area contributed by atoms with Gasteiger partial charge in [0.2, 0.25) is 11.1 Å². The molecule has 0 unspecified atom stereocenters. The Hall–Kier alpha value is -2.02. The Morgan fingerprint density at radius 2 is 2.13 bits per heavy atom. The van der Waals surface area contributed by atoms with Crippen molar-refractivity contribution in [3.05, 3.63) is 35.2 Å². The first kappa shape index (κ1) is 17.3. The van der Waals surface area contributed by atoms with Crippen LogP contribution >= 0.6 is 11.8 Å². The van der Waals surface area contributed by atoms with Gasteiger partial charge < -0.3 is 11.2 Å². The van der Waals surface area contributed by atoms with Crippen molar-refractivity contribution in [1.29, 1.82) is 0 Å². The van der Waals surface area contributed by atoms with E-state index in [-0.39, 0.29) is 11.2 Å². The van der Waals surface area contributed by atoms with E-state index in [1.54, 1.807) is 0 Å². The zero-order chi connectivity index (χ0) is 17.0. The zero-order valence-electron chi connectivity index (χ0n) is 14.0. The molecule has 1 heterocycles. The third-order valence-corrected chi connectivity index (χ3v) is 4.56. The van der Waals surface area contributed by atoms with E-state index in [0.717, 1.165) is 29.9 Å². The number of carbonyl (C=O) groups excluding carboxylic acids is 1. The van der Waals surface area contributed by atoms with Crippen LogP contribution in [0, 0.1) is 13.8 Å². The van der Waals surface area contributed by atoms with Gasteiger partial charge in [0.1, 0.15) is 0 Å². The lowest BCUT2D eigenvalue weighted by molar-refractivity contribution is -0.115. The molecule has 3 N–H and O–H groups in total. The summed E-state index contributed by atoms with van der Waals surface area (Å²) in [6.07, 6.45) is 1.72. The van der Waals surface area contributed by atoms with Gasteiger partial charge in [-0.15, -0.1) is 10.2 Å². The molecule has 0 bridgehead atoms. The number of benzene rings is 1. The molecule has 1 atom stereocenters. The van der Waals surface area contributed by atoms with Crippen molar-refractivity contribution in [2.24, 2.45) is 0 Å². The van der Waals surface area contributed by atoms with Crippen molar-refractivity contribution in [3.63, 3.8) is 0 Å². The van der Waals surface area contributed by atoms with E-state index in [4.69, 9.17) is 5.84 Å². The highest BCUT2D eigenvalue weighted by molar-refractivity contribution is 8.00. The number of nitrogen functional groups attached to an aromatic ring is 1. The Bertz CT molecular complexity index is 698. The summed E-state index contributed by atoms with van der Waals surface area (Å²) < 4.78 is 1.47. The van der Waals surface area contributed by atoms with Gasteiger partial charge in [-0.1, -0.05) is 36.4 Å². The van der Waals surface area contributed by atoms with Gasteiger partial charge in [0.15, 0.2) is 5.82 Å². The van der Waals surface area contributed by atoms with E-state index in [1.807, 2.05) is 39.0 Å². The van der Waals surface area contributed by atoms with Gasteiger partial charge in [-0.25, -0.2) is 4.68 Å². The van der Waals surface area contributed by atoms with Crippen LogP contribution in [-0.2, 0) is 11.2 Å². The van der Waals surface area contributed by atoms with Crippen LogP contribution < -0.4 is 11.2 Å². The molecular formula is C16H23N5OS. The maximum atomic E-state index is 12.4. The van der Waals surface area contributed by atoms with Gasteiger partial charge >= 0.3 is 0 Å². The highest BCUT2D eigenvalue weighted by Crippen LogP contribution is 2.23. The molecule has 1 aromatic carbocycles. The molecular weight excluding hydrogens is 310 g/mol. The zero-order valence-corrected chi connectivity index (χ0v) is 14.8. The molecule has 0 saturated heterocycles. The summed E-state index contributed by atoms with van der Waals surface area (Å²) in [7, 11) is 0. The largest absolute Gasteiger partial charge is 0.336 e. The van der Waals surface area contributed by atoms with Gasteiger partial charge in [-0.3, -0.25) is 4.79 Å². The van der Waals surface area contributed by atoms with Crippen LogP contribution in [0.25, 0.3) is 0 Å². The molecule has 23 heavy (non-hydrogen) atoms. The topological polar surface area (TPSA) is 85.8 Å². The van der Waals surface area contributed by atoms with E-state index in [0.29, 0.717) is 5.16 Å². The van der Waals surface area contributed by atoms with E-state index >= 15 is 0 Å². The Morgan fingerprint density at radius 3 is 2.78 bits per heavy atom. The van der Waals surface area contributed by atoms with Gasteiger partial charge in [0, 0.05) is 12.1 Å². The van der Waals surface area contributed by atoms with Crippen molar-refractivity contribution in [3.8, 4) is 0 Å². The number of hydrogen-bond donors (Lipinski definition) is 2. The SMILES string of the molecule is CCCc1nnc(S[C@@H](C)C(=O)Nc2ccc(C)cc2C)n1N. The van der Waals surface area contributed by atoms with Crippen LogP contribution in [0.3, 0.4) is 0 Å². The fourth-order valence-corrected chi connectivity index (χ4v) is 2.97. The molecule has 2 rings (SSSR count). The summed E-state index contributed by atoms with van der Waals surface area (Å²) in [5.74, 6) is 6.62. The van der Waals surface area contributed by atoms with Crippen LogP contribution in [0.2, 0.25) is 0 Å². The number of nitrogens with two attached hydrogens (primary N) is 1. The summed E-state index contributed by atoms with van der Waals surface area (Å²) in [5, 5.41) is 11.3. The second kappa shape index (κ2) is 7.50. The number of anilines is 1. The Morgan fingerprint density at radius 1 is 1.39 bits per heavy atom. The fourth-order valence-electron chi connectivity index (χ4n) is 2.18. The molecule has 1 aromatic heterocycles. The summed E-state index contributed by atoms with van der Waals surface area (Å²) in [5.41, 5.74) is 3.04. The van der Waals surface area contributed by atoms with E-state index < -0.39 is 0 Å². The lowest BCUT2D eigenvalue weighted by Crippen LogP contribution is -2.24. The second-order valence-electron chi connectivity index (χ2n) is 5.59. The van der Waals surface area contributed by atoms with E-state index in [9.17, 15) is 4.79 Å². The summed E-state index contributed by atoms with van der Waals surface area (Å²) in [6.45, 7) is 7.90. The molecule has 0 radical (unpaired) electrons. The average Bonchev–Trinajstić information content (AvgIpc) is 2.83. The summed E-state index contributed by atoms with van der Waals surface area (Å²) in [6, 6.07) is 5.94. The summed E-state index contributed by atoms with van der Waals surface area (Å²) in [4.78, 5) is 12.4. The van der Waals surface area contributed by atoms with Gasteiger partial charge in [-0.05, 0) is 38.8 Å². The first-order valence-electron chi connectivity index (χ1n) is 7.66. The van der Waals surface area contributed by atoms with Crippen LogP contribution in [0.1, 0.15) is 37.2 Å². The molecule has 6 nitrogen and oxygen atoms in total. The Labute approximate surface area is 140 Å². The minimum absolute atomic E-state index is 0.0815. The number of aryl methyl sites for hydroxylation is 3. The number of thioether (sulfide) groups is 1. The maximum Gasteiger partial charge on any atom is 0.237 e. The molecule has 2 aromatic rings. The predicted octanol–water partition coefficient (Wildman–Crippen LogP) is 2.68. The van der Waals surface area contributed by atoms with Crippen molar-refractivity contribution in [2.45, 2.75) is 50.9 Å². The molecule has 0 fully saturated rings. The minimum atomic E-state index is -0.323. The lowest BCUT2D eigenvalue weighted by atomic mass is 10.1. The highest BCUT2D eigenvalue weighted by Gasteiger charge is 2.19. The molecule has 0 spiro atoms. The van der Waals surface area contributed by atoms with Crippen LogP contribution in [0.5, 0.6) is 0 Å². The van der Waals surface area contributed by atoms with Gasteiger partial charge in [-0.2, -0.15) is 0 Å². The maximum absolute atomic E-state index is 12.4. The van der Waals surface area contributed by atoms with E-state index in [1.165, 1.54) is 22.0 Å². The monoisotopic (exact) mass is 333 g/mol. The smallest absolute Gasteiger partial charge is 0.237 e. The number of nitrogens with one attached hydrogen (secondary N) is 1. The highest BCUT2D eigenvalue weighted by atomic mass is 32.2.